The maximum Gasteiger partial charge on any atom is 0.408 e. The molecule has 2 N–H and O–H groups in total. The first kappa shape index (κ1) is 34.8. The lowest BCUT2D eigenvalue weighted by atomic mass is 9.91. The van der Waals surface area contributed by atoms with Gasteiger partial charge in [-0.2, -0.15) is 0 Å². The number of esters is 1. The standard InChI is InChI=1S/C34H37NO9.CH4/c1-22(35-33(40)42-20-25-7-5-4-6-8-25)29(37)19-26(17-23-11-15-28(41-3)16-12-23)32(39)44-30(31(38)34(2)21-43-34)18-24-9-13-27(36)14-10-24;/h4-16,22,26,30,36H,17-21H2,1-3H3,(H,35,40);1H4/t22-,26-,30+,34-;/m1./s1. The number of Topliss-reactive ketones (excluding diaryl/α,β-unsaturated/α-hetero) is 2. The number of phenolic OH excluding ortho intramolecular Hbond substituents is 1. The van der Waals surface area contributed by atoms with E-state index in [1.165, 1.54) is 19.1 Å². The van der Waals surface area contributed by atoms with E-state index in [0.717, 1.165) is 11.1 Å². The summed E-state index contributed by atoms with van der Waals surface area (Å²) in [7, 11) is 1.54. The molecule has 1 aliphatic heterocycles. The van der Waals surface area contributed by atoms with E-state index in [9.17, 15) is 24.3 Å². The van der Waals surface area contributed by atoms with Crippen LogP contribution < -0.4 is 10.1 Å². The number of nitrogens with one attached hydrogen (secondary N) is 1. The Kier molecular flexibility index (Phi) is 12.3. The number of aromatic hydroxyl groups is 1. The fraction of sp³-hybridized carbons (Fsp3) is 0.371. The molecule has 0 aliphatic carbocycles. The molecule has 45 heavy (non-hydrogen) atoms. The van der Waals surface area contributed by atoms with Crippen LogP contribution in [0.4, 0.5) is 4.79 Å². The average Bonchev–Trinajstić information content (AvgIpc) is 3.79. The first-order chi connectivity index (χ1) is 21.1. The van der Waals surface area contributed by atoms with Crippen LogP contribution in [-0.2, 0) is 48.0 Å². The molecule has 1 saturated heterocycles. The largest absolute Gasteiger partial charge is 0.508 e. The molecule has 4 rings (SSSR count). The third kappa shape index (κ3) is 10.2. The van der Waals surface area contributed by atoms with Crippen LogP contribution in [0.5, 0.6) is 11.5 Å². The highest BCUT2D eigenvalue weighted by Gasteiger charge is 2.51. The highest BCUT2D eigenvalue weighted by molar-refractivity contribution is 5.95. The number of amides is 1. The van der Waals surface area contributed by atoms with Gasteiger partial charge in [-0.05, 0) is 61.2 Å². The van der Waals surface area contributed by atoms with Gasteiger partial charge in [0.15, 0.2) is 17.5 Å². The van der Waals surface area contributed by atoms with Crippen LogP contribution >= 0.6 is 0 Å². The molecule has 10 heteroatoms. The van der Waals surface area contributed by atoms with Gasteiger partial charge < -0.3 is 29.4 Å². The second-order valence-corrected chi connectivity index (χ2v) is 11.0. The zero-order chi connectivity index (χ0) is 31.7. The van der Waals surface area contributed by atoms with Gasteiger partial charge in [0.25, 0.3) is 0 Å². The maximum absolute atomic E-state index is 13.7. The van der Waals surface area contributed by atoms with Crippen molar-refractivity contribution in [1.29, 1.82) is 0 Å². The summed E-state index contributed by atoms with van der Waals surface area (Å²) in [4.78, 5) is 52.6. The molecule has 0 saturated carbocycles. The smallest absolute Gasteiger partial charge is 0.408 e. The van der Waals surface area contributed by atoms with Gasteiger partial charge in [-0.15, -0.1) is 0 Å². The van der Waals surface area contributed by atoms with Gasteiger partial charge in [-0.1, -0.05) is 62.0 Å². The zero-order valence-corrected chi connectivity index (χ0v) is 25.0. The van der Waals surface area contributed by atoms with Crippen LogP contribution in [0.15, 0.2) is 78.9 Å². The molecule has 3 aromatic rings. The number of alkyl carbamates (subject to hydrolysis) is 1. The third-order valence-electron chi connectivity index (χ3n) is 7.46. The van der Waals surface area contributed by atoms with Crippen molar-refractivity contribution in [2.75, 3.05) is 13.7 Å². The lowest BCUT2D eigenvalue weighted by Crippen LogP contribution is -2.42. The zero-order valence-electron chi connectivity index (χ0n) is 25.0. The fourth-order valence-corrected chi connectivity index (χ4v) is 4.59. The predicted molar refractivity (Wildman–Crippen MR) is 167 cm³/mol. The number of carbonyl (C=O) groups excluding carboxylic acids is 4. The van der Waals surface area contributed by atoms with Gasteiger partial charge in [0.1, 0.15) is 18.1 Å². The van der Waals surface area contributed by atoms with Gasteiger partial charge in [-0.3, -0.25) is 14.4 Å². The van der Waals surface area contributed by atoms with Crippen LogP contribution in [0.2, 0.25) is 0 Å². The Morgan fingerprint density at radius 2 is 1.51 bits per heavy atom. The molecule has 1 heterocycles. The van der Waals surface area contributed by atoms with Crippen molar-refractivity contribution < 1.29 is 43.2 Å². The Balaban J connectivity index is 0.00000552. The number of ketones is 2. The number of hydrogen-bond acceptors (Lipinski definition) is 9. The molecule has 0 bridgehead atoms. The van der Waals surface area contributed by atoms with Gasteiger partial charge in [-0.25, -0.2) is 4.79 Å². The molecular weight excluding hydrogens is 578 g/mol. The number of benzene rings is 3. The molecule has 0 unspecified atom stereocenters. The molecule has 0 spiro atoms. The highest BCUT2D eigenvalue weighted by Crippen LogP contribution is 2.31. The van der Waals surface area contributed by atoms with Crippen molar-refractivity contribution in [1.82, 2.24) is 5.32 Å². The molecule has 0 aromatic heterocycles. The second kappa shape index (κ2) is 15.9. The summed E-state index contributed by atoms with van der Waals surface area (Å²) in [6.07, 6.45) is -1.97. The number of methoxy groups -OCH3 is 1. The molecular formula is C35H41NO9. The molecule has 240 valence electrons. The number of hydrogen-bond donors (Lipinski definition) is 2. The maximum atomic E-state index is 13.7. The van der Waals surface area contributed by atoms with E-state index >= 15 is 0 Å². The number of carbonyl (C=O) groups is 4. The topological polar surface area (TPSA) is 141 Å². The second-order valence-electron chi connectivity index (χ2n) is 11.0. The lowest BCUT2D eigenvalue weighted by molar-refractivity contribution is -0.161. The summed E-state index contributed by atoms with van der Waals surface area (Å²) in [6, 6.07) is 21.5. The molecule has 3 aromatic carbocycles. The Morgan fingerprint density at radius 1 is 0.911 bits per heavy atom. The number of rotatable bonds is 15. The summed E-state index contributed by atoms with van der Waals surface area (Å²) < 4.78 is 21.6. The number of ether oxygens (including phenoxy) is 4. The Hall–Kier alpha value is -4.70. The normalized spacial score (nSPS) is 17.0. The Labute approximate surface area is 263 Å². The van der Waals surface area contributed by atoms with Gasteiger partial charge >= 0.3 is 12.1 Å². The Bertz CT molecular complexity index is 1430. The number of phenols is 1. The first-order valence-corrected chi connectivity index (χ1v) is 14.4. The minimum absolute atomic E-state index is 0. The fourth-order valence-electron chi connectivity index (χ4n) is 4.59. The van der Waals surface area contributed by atoms with Gasteiger partial charge in [0, 0.05) is 12.8 Å². The van der Waals surface area contributed by atoms with E-state index in [-0.39, 0.29) is 51.4 Å². The number of epoxide rings is 1. The first-order valence-electron chi connectivity index (χ1n) is 14.4. The lowest BCUT2D eigenvalue weighted by Gasteiger charge is -2.23. The van der Waals surface area contributed by atoms with Crippen molar-refractivity contribution in [3.8, 4) is 11.5 Å². The van der Waals surface area contributed by atoms with E-state index in [2.05, 4.69) is 5.32 Å². The summed E-state index contributed by atoms with van der Waals surface area (Å²) in [5.41, 5.74) is 1.17. The van der Waals surface area contributed by atoms with Crippen molar-refractivity contribution in [2.45, 2.75) is 64.9 Å². The summed E-state index contributed by atoms with van der Waals surface area (Å²) in [5, 5.41) is 12.2. The van der Waals surface area contributed by atoms with E-state index in [4.69, 9.17) is 18.9 Å². The molecule has 0 radical (unpaired) electrons. The van der Waals surface area contributed by atoms with Crippen molar-refractivity contribution in [3.63, 3.8) is 0 Å². The van der Waals surface area contributed by atoms with Crippen molar-refractivity contribution in [2.24, 2.45) is 5.92 Å². The minimum atomic E-state index is -1.17. The molecule has 1 fully saturated rings. The monoisotopic (exact) mass is 619 g/mol. The average molecular weight is 620 g/mol. The van der Waals surface area contributed by atoms with Crippen LogP contribution in [0.3, 0.4) is 0 Å². The van der Waals surface area contributed by atoms with E-state index < -0.39 is 41.5 Å². The molecule has 10 nitrogen and oxygen atoms in total. The van der Waals surface area contributed by atoms with Gasteiger partial charge in [0.2, 0.25) is 5.78 Å². The summed E-state index contributed by atoms with van der Waals surface area (Å²) >= 11 is 0. The van der Waals surface area contributed by atoms with E-state index in [0.29, 0.717) is 11.3 Å². The summed E-state index contributed by atoms with van der Waals surface area (Å²) in [6.45, 7) is 3.41. The molecule has 4 atom stereocenters. The van der Waals surface area contributed by atoms with Crippen LogP contribution in [-0.4, -0.2) is 60.2 Å². The Morgan fingerprint density at radius 3 is 2.11 bits per heavy atom. The van der Waals surface area contributed by atoms with E-state index in [1.54, 1.807) is 50.4 Å². The van der Waals surface area contributed by atoms with Crippen molar-refractivity contribution in [3.05, 3.63) is 95.6 Å². The van der Waals surface area contributed by atoms with Gasteiger partial charge in [0.05, 0.1) is 25.7 Å². The molecule has 1 amide bonds. The van der Waals surface area contributed by atoms with Crippen LogP contribution in [0.1, 0.15) is 44.4 Å². The quantitative estimate of drug-likeness (QED) is 0.178. The van der Waals surface area contributed by atoms with E-state index in [1.807, 2.05) is 30.3 Å². The molecule has 1 aliphatic rings. The van der Waals surface area contributed by atoms with Crippen LogP contribution in [0.25, 0.3) is 0 Å². The van der Waals surface area contributed by atoms with Crippen molar-refractivity contribution >= 4 is 23.6 Å². The predicted octanol–water partition coefficient (Wildman–Crippen LogP) is 4.98. The highest BCUT2D eigenvalue weighted by atomic mass is 16.6. The minimum Gasteiger partial charge on any atom is -0.508 e. The third-order valence-corrected chi connectivity index (χ3v) is 7.46. The SMILES string of the molecule is C.COc1ccc(C[C@H](CC(=O)[C@@H](C)NC(=O)OCc2ccccc2)C(=O)O[C@@H](Cc2ccc(O)cc2)C(=O)[C@@]2(C)CO2)cc1. The summed E-state index contributed by atoms with van der Waals surface area (Å²) in [5.74, 6) is -1.78. The van der Waals surface area contributed by atoms with Crippen LogP contribution in [0, 0.1) is 5.92 Å².